The molecule has 0 atom stereocenters. The molecule has 3 aromatic carbocycles. The molecule has 0 saturated heterocycles. The molecule has 5 rings (SSSR count). The van der Waals surface area contributed by atoms with E-state index >= 15 is 0 Å². The third-order valence-electron chi connectivity index (χ3n) is 4.68. The van der Waals surface area contributed by atoms with Gasteiger partial charge in [-0.3, -0.25) is 0 Å². The normalized spacial score (nSPS) is 14.7. The fourth-order valence-electron chi connectivity index (χ4n) is 3.57. The van der Waals surface area contributed by atoms with Gasteiger partial charge in [0.25, 0.3) is 0 Å². The van der Waals surface area contributed by atoms with Gasteiger partial charge in [-0.25, -0.2) is 0 Å². The van der Waals surface area contributed by atoms with Crippen molar-refractivity contribution in [3.8, 4) is 0 Å². The second-order valence-electron chi connectivity index (χ2n) is 5.92. The number of nitrogens with zero attached hydrogens (tertiary/aromatic N) is 1. The fraction of sp³-hybridized carbons (Fsp3) is 0. The highest BCUT2D eigenvalue weighted by Crippen LogP contribution is 2.15. The maximum Gasteiger partial charge on any atom is 0.320 e. The zero-order valence-electron chi connectivity index (χ0n) is 12.1. The van der Waals surface area contributed by atoms with Crippen LogP contribution in [0.5, 0.6) is 0 Å². The molecule has 2 aliphatic rings. The molecule has 3 aromatic rings. The Hall–Kier alpha value is -2.74. The van der Waals surface area contributed by atoms with Crippen molar-refractivity contribution in [3.05, 3.63) is 82.9 Å². The van der Waals surface area contributed by atoms with E-state index in [0.29, 0.717) is 6.85 Å². The molecule has 0 aliphatic carbocycles. The first-order valence-electron chi connectivity index (χ1n) is 7.66. The quantitative estimate of drug-likeness (QED) is 0.570. The zero-order chi connectivity index (χ0) is 14.5. The van der Waals surface area contributed by atoms with E-state index in [1.807, 2.05) is 0 Å². The summed E-state index contributed by atoms with van der Waals surface area (Å²) in [5.74, 6) is 2.38. The Bertz CT molecular complexity index is 1050. The molecule has 0 amide bonds. The molecule has 102 valence electrons. The number of hydrogen-bond acceptors (Lipinski definition) is 1. The fourth-order valence-corrected chi connectivity index (χ4v) is 3.57. The van der Waals surface area contributed by atoms with Crippen LogP contribution in [-0.2, 0) is 0 Å². The van der Waals surface area contributed by atoms with Crippen LogP contribution in [-0.4, -0.2) is 11.7 Å². The summed E-state index contributed by atoms with van der Waals surface area (Å²) >= 11 is 0. The summed E-state index contributed by atoms with van der Waals surface area (Å²) in [4.78, 5) is 2.32. The molecule has 0 fully saturated rings. The third kappa shape index (κ3) is 1.61. The summed E-state index contributed by atoms with van der Waals surface area (Å²) < 4.78 is 0. The minimum atomic E-state index is 0.301. The van der Waals surface area contributed by atoms with Crippen molar-refractivity contribution < 1.29 is 0 Å². The van der Waals surface area contributed by atoms with Gasteiger partial charge in [0.05, 0.1) is 0 Å². The summed E-state index contributed by atoms with van der Waals surface area (Å²) in [7, 11) is 0. The van der Waals surface area contributed by atoms with Crippen LogP contribution in [0.3, 0.4) is 0 Å². The summed E-state index contributed by atoms with van der Waals surface area (Å²) in [5, 5.41) is 5.26. The molecular weight excluding hydrogens is 265 g/mol. The lowest BCUT2D eigenvalue weighted by molar-refractivity contribution is 0.866. The van der Waals surface area contributed by atoms with E-state index in [-0.39, 0.29) is 0 Å². The van der Waals surface area contributed by atoms with Crippen LogP contribution in [0.25, 0.3) is 29.0 Å². The van der Waals surface area contributed by atoms with E-state index in [9.17, 15) is 0 Å². The lowest BCUT2D eigenvalue weighted by Gasteiger charge is -2.30. The van der Waals surface area contributed by atoms with Crippen LogP contribution in [0.2, 0.25) is 0 Å². The minimum absolute atomic E-state index is 0.301. The maximum atomic E-state index is 2.38. The van der Waals surface area contributed by atoms with E-state index in [4.69, 9.17) is 0 Å². The molecule has 0 aromatic heterocycles. The predicted octanol–water partition coefficient (Wildman–Crippen LogP) is 2.10. The molecule has 2 heteroatoms. The summed E-state index contributed by atoms with van der Waals surface area (Å²) in [6.07, 6.45) is 6.68. The zero-order valence-corrected chi connectivity index (χ0v) is 12.1. The van der Waals surface area contributed by atoms with E-state index in [1.54, 1.807) is 0 Å². The Morgan fingerprint density at radius 2 is 1.68 bits per heavy atom. The SMILES string of the molecule is C1=CN2C=c3c(ccc4ccccc34)=CB2c2ccccc21. The molecule has 22 heavy (non-hydrogen) atoms. The second-order valence-corrected chi connectivity index (χ2v) is 5.92. The Morgan fingerprint density at radius 3 is 2.68 bits per heavy atom. The molecule has 0 N–H and O–H groups in total. The minimum Gasteiger partial charge on any atom is -0.389 e. The van der Waals surface area contributed by atoms with Crippen LogP contribution >= 0.6 is 0 Å². The molecular formula is C20H14BN. The van der Waals surface area contributed by atoms with Gasteiger partial charge in [0.2, 0.25) is 0 Å². The van der Waals surface area contributed by atoms with Crippen LogP contribution in [0.15, 0.2) is 66.9 Å². The first-order valence-corrected chi connectivity index (χ1v) is 7.66. The average molecular weight is 279 g/mol. The number of benzene rings is 3. The van der Waals surface area contributed by atoms with Crippen LogP contribution in [0.1, 0.15) is 5.56 Å². The van der Waals surface area contributed by atoms with Gasteiger partial charge in [-0.2, -0.15) is 0 Å². The van der Waals surface area contributed by atoms with Crippen molar-refractivity contribution in [1.82, 2.24) is 4.81 Å². The van der Waals surface area contributed by atoms with E-state index in [2.05, 4.69) is 89.9 Å². The molecule has 0 radical (unpaired) electrons. The van der Waals surface area contributed by atoms with Gasteiger partial charge in [-0.15, -0.1) is 0 Å². The Morgan fingerprint density at radius 1 is 0.818 bits per heavy atom. The second kappa shape index (κ2) is 4.38. The molecule has 0 saturated carbocycles. The lowest BCUT2D eigenvalue weighted by Crippen LogP contribution is -2.51. The van der Waals surface area contributed by atoms with Gasteiger partial charge in [0.1, 0.15) is 0 Å². The van der Waals surface area contributed by atoms with Gasteiger partial charge in [0.15, 0.2) is 0 Å². The highest BCUT2D eigenvalue weighted by Gasteiger charge is 2.26. The van der Waals surface area contributed by atoms with Crippen LogP contribution < -0.4 is 15.9 Å². The van der Waals surface area contributed by atoms with Gasteiger partial charge < -0.3 is 4.81 Å². The number of fused-ring (bicyclic) bond motifs is 6. The molecule has 0 bridgehead atoms. The molecule has 0 unspecified atom stereocenters. The van der Waals surface area contributed by atoms with Gasteiger partial charge in [-0.05, 0) is 45.5 Å². The lowest BCUT2D eigenvalue weighted by atomic mass is 9.51. The van der Waals surface area contributed by atoms with E-state index in [0.717, 1.165) is 0 Å². The van der Waals surface area contributed by atoms with Gasteiger partial charge >= 0.3 is 6.85 Å². The first kappa shape index (κ1) is 11.9. The predicted molar refractivity (Wildman–Crippen MR) is 94.8 cm³/mol. The maximum absolute atomic E-state index is 2.38. The Balaban J connectivity index is 1.83. The van der Waals surface area contributed by atoms with Gasteiger partial charge in [0, 0.05) is 5.22 Å². The molecule has 1 nitrogen and oxygen atoms in total. The van der Waals surface area contributed by atoms with Crippen LogP contribution in [0.4, 0.5) is 0 Å². The van der Waals surface area contributed by atoms with Gasteiger partial charge in [-0.1, -0.05) is 66.6 Å². The Kier molecular flexibility index (Phi) is 2.36. The van der Waals surface area contributed by atoms with Crippen molar-refractivity contribution >= 4 is 41.3 Å². The van der Waals surface area contributed by atoms with E-state index in [1.165, 1.54) is 32.2 Å². The van der Waals surface area contributed by atoms with E-state index < -0.39 is 0 Å². The highest BCUT2D eigenvalue weighted by molar-refractivity contribution is 6.84. The van der Waals surface area contributed by atoms with Crippen molar-refractivity contribution in [2.45, 2.75) is 0 Å². The first-order chi connectivity index (χ1) is 10.9. The summed E-state index contributed by atoms with van der Waals surface area (Å²) in [5.41, 5.74) is 2.69. The molecule has 2 heterocycles. The standard InChI is InChI=1S/C20H14BN/c1-3-7-18-15(5-1)9-10-17-13-21-20-8-4-2-6-16(20)11-12-22(21)14-19(17)18/h1-14H. The Labute approximate surface area is 129 Å². The number of hydrogen-bond donors (Lipinski definition) is 0. The van der Waals surface area contributed by atoms with Crippen molar-refractivity contribution in [2.24, 2.45) is 0 Å². The van der Waals surface area contributed by atoms with Crippen molar-refractivity contribution in [1.29, 1.82) is 0 Å². The smallest absolute Gasteiger partial charge is 0.320 e. The highest BCUT2D eigenvalue weighted by atomic mass is 15.0. The molecule has 0 spiro atoms. The van der Waals surface area contributed by atoms with Crippen molar-refractivity contribution in [3.63, 3.8) is 0 Å². The number of rotatable bonds is 0. The topological polar surface area (TPSA) is 3.24 Å². The van der Waals surface area contributed by atoms with Crippen LogP contribution in [0, 0.1) is 0 Å². The largest absolute Gasteiger partial charge is 0.389 e. The summed E-state index contributed by atoms with van der Waals surface area (Å²) in [6, 6.07) is 21.7. The third-order valence-corrected chi connectivity index (χ3v) is 4.68. The van der Waals surface area contributed by atoms with Crippen molar-refractivity contribution in [2.75, 3.05) is 0 Å². The summed E-state index contributed by atoms with van der Waals surface area (Å²) in [6.45, 7) is 0.301. The monoisotopic (exact) mass is 279 g/mol. The average Bonchev–Trinajstić information content (AvgIpc) is 2.60. The molecule has 2 aliphatic heterocycles.